The van der Waals surface area contributed by atoms with Crippen LogP contribution in [0.2, 0.25) is 0 Å². The summed E-state index contributed by atoms with van der Waals surface area (Å²) in [6.07, 6.45) is 2.30. The molecule has 0 radical (unpaired) electrons. The van der Waals surface area contributed by atoms with Crippen molar-refractivity contribution in [3.8, 4) is 5.75 Å². The highest BCUT2D eigenvalue weighted by molar-refractivity contribution is 5.92. The van der Waals surface area contributed by atoms with Crippen LogP contribution in [-0.2, 0) is 27.3 Å². The Hall–Kier alpha value is -3.89. The maximum absolute atomic E-state index is 13.9. The van der Waals surface area contributed by atoms with Crippen molar-refractivity contribution in [2.24, 2.45) is 0 Å². The van der Waals surface area contributed by atoms with Crippen LogP contribution >= 0.6 is 0 Å². The van der Waals surface area contributed by atoms with Gasteiger partial charge in [0.1, 0.15) is 29.6 Å². The summed E-state index contributed by atoms with van der Waals surface area (Å²) in [5.74, 6) is -1.27. The van der Waals surface area contributed by atoms with Gasteiger partial charge in [0, 0.05) is 41.7 Å². The van der Waals surface area contributed by atoms with Crippen LogP contribution in [0, 0.1) is 11.6 Å². The molecule has 1 saturated heterocycles. The number of benzene rings is 2. The molecular weight excluding hydrogens is 496 g/mol. The summed E-state index contributed by atoms with van der Waals surface area (Å²) in [5.41, 5.74) is 2.38. The Bertz CT molecular complexity index is 1320. The number of fused-ring (bicyclic) bond motifs is 3. The number of hydrogen-bond donors (Lipinski definition) is 3. The highest BCUT2D eigenvalue weighted by atomic mass is 19.1. The lowest BCUT2D eigenvalue weighted by atomic mass is 9.84. The lowest BCUT2D eigenvalue weighted by molar-refractivity contribution is -0.142. The Kier molecular flexibility index (Phi) is 7.62. The standard InChI is InChI=1S/C28H27F2N3O5/c29-18-1-3-23(30)17(10-18)14-32-26(35)13-20-12-22-21-11-19(33-27(36)9-16-5-7-31-8-6-16)2-4-24(21)38-28(22)25(15-34)37-20/h1-8,10-11,20,22,25,28,34H,9,12-15H2,(H,32,35)(H,33,36)/t20-,22+,25+,28-/m1/s1. The van der Waals surface area contributed by atoms with E-state index in [9.17, 15) is 23.5 Å². The average molecular weight is 524 g/mol. The molecule has 0 unspecified atom stereocenters. The molecule has 2 amide bonds. The maximum Gasteiger partial charge on any atom is 0.228 e. The van der Waals surface area contributed by atoms with E-state index in [1.165, 1.54) is 0 Å². The predicted octanol–water partition coefficient (Wildman–Crippen LogP) is 3.24. The molecule has 0 spiro atoms. The molecule has 0 saturated carbocycles. The van der Waals surface area contributed by atoms with Crippen molar-refractivity contribution in [3.63, 3.8) is 0 Å². The van der Waals surface area contributed by atoms with Gasteiger partial charge >= 0.3 is 0 Å². The first-order valence-corrected chi connectivity index (χ1v) is 12.4. The first kappa shape index (κ1) is 25.7. The Morgan fingerprint density at radius 3 is 2.66 bits per heavy atom. The fraction of sp³-hybridized carbons (Fsp3) is 0.321. The van der Waals surface area contributed by atoms with Crippen molar-refractivity contribution >= 4 is 17.5 Å². The highest BCUT2D eigenvalue weighted by Gasteiger charge is 2.46. The van der Waals surface area contributed by atoms with Crippen LogP contribution in [0.4, 0.5) is 14.5 Å². The number of anilines is 1. The summed E-state index contributed by atoms with van der Waals surface area (Å²) < 4.78 is 39.3. The molecule has 5 rings (SSSR count). The Balaban J connectivity index is 1.23. The van der Waals surface area contributed by atoms with Gasteiger partial charge in [0.15, 0.2) is 0 Å². The summed E-state index contributed by atoms with van der Waals surface area (Å²) in [6.45, 7) is -0.448. The number of ether oxygens (including phenoxy) is 2. The Labute approximate surface area is 218 Å². The number of halogens is 2. The van der Waals surface area contributed by atoms with Crippen molar-refractivity contribution in [3.05, 3.63) is 89.2 Å². The zero-order chi connectivity index (χ0) is 26.6. The van der Waals surface area contributed by atoms with Gasteiger partial charge in [-0.1, -0.05) is 0 Å². The van der Waals surface area contributed by atoms with E-state index >= 15 is 0 Å². The predicted molar refractivity (Wildman–Crippen MR) is 133 cm³/mol. The van der Waals surface area contributed by atoms with E-state index in [0.29, 0.717) is 17.9 Å². The number of aromatic nitrogens is 1. The molecule has 10 heteroatoms. The minimum Gasteiger partial charge on any atom is -0.487 e. The molecule has 38 heavy (non-hydrogen) atoms. The molecule has 1 aromatic heterocycles. The number of nitrogens with zero attached hydrogens (tertiary/aromatic N) is 1. The fourth-order valence-electron chi connectivity index (χ4n) is 5.01. The smallest absolute Gasteiger partial charge is 0.228 e. The van der Waals surface area contributed by atoms with Crippen molar-refractivity contribution < 1.29 is 33.0 Å². The molecule has 4 atom stereocenters. The van der Waals surface area contributed by atoms with Gasteiger partial charge < -0.3 is 25.2 Å². The van der Waals surface area contributed by atoms with Crippen LogP contribution in [0.25, 0.3) is 0 Å². The SMILES string of the molecule is O=C(C[C@H]1C[C@H]2c3cc(NC(=O)Cc4ccncc4)ccc3O[C@H]2[C@H](CO)O1)NCc1cc(F)ccc1F. The fourth-order valence-corrected chi connectivity index (χ4v) is 5.01. The summed E-state index contributed by atoms with van der Waals surface area (Å²) in [4.78, 5) is 29.1. The zero-order valence-electron chi connectivity index (χ0n) is 20.4. The van der Waals surface area contributed by atoms with E-state index in [1.54, 1.807) is 36.7 Å². The molecule has 3 heterocycles. The Morgan fingerprint density at radius 1 is 1.05 bits per heavy atom. The third-order valence-corrected chi connectivity index (χ3v) is 6.79. The van der Waals surface area contributed by atoms with E-state index in [4.69, 9.17) is 9.47 Å². The number of aliphatic hydroxyl groups excluding tert-OH is 1. The topological polar surface area (TPSA) is 110 Å². The highest BCUT2D eigenvalue weighted by Crippen LogP contribution is 2.47. The van der Waals surface area contributed by atoms with E-state index in [-0.39, 0.29) is 49.3 Å². The number of amides is 2. The summed E-state index contributed by atoms with van der Waals surface area (Å²) in [7, 11) is 0. The summed E-state index contributed by atoms with van der Waals surface area (Å²) >= 11 is 0. The molecule has 0 bridgehead atoms. The number of carbonyl (C=O) groups is 2. The first-order chi connectivity index (χ1) is 18.4. The van der Waals surface area contributed by atoms with Crippen molar-refractivity contribution in [2.45, 2.75) is 50.0 Å². The molecule has 3 aromatic rings. The second kappa shape index (κ2) is 11.2. The van der Waals surface area contributed by atoms with Crippen LogP contribution in [0.15, 0.2) is 60.9 Å². The first-order valence-electron chi connectivity index (χ1n) is 12.4. The van der Waals surface area contributed by atoms with Crippen LogP contribution in [0.1, 0.15) is 35.4 Å². The summed E-state index contributed by atoms with van der Waals surface area (Å²) in [5, 5.41) is 15.5. The van der Waals surface area contributed by atoms with E-state index < -0.39 is 29.9 Å². The number of hydrogen-bond acceptors (Lipinski definition) is 6. The normalized spacial score (nSPS) is 21.7. The van der Waals surface area contributed by atoms with Gasteiger partial charge in [-0.3, -0.25) is 14.6 Å². The van der Waals surface area contributed by atoms with Gasteiger partial charge in [-0.05, 0) is 60.5 Å². The van der Waals surface area contributed by atoms with Crippen LogP contribution in [-0.4, -0.2) is 46.8 Å². The lowest BCUT2D eigenvalue weighted by Crippen LogP contribution is -2.47. The number of rotatable bonds is 8. The van der Waals surface area contributed by atoms with Gasteiger partial charge in [0.2, 0.25) is 11.8 Å². The molecule has 0 aliphatic carbocycles. The zero-order valence-corrected chi connectivity index (χ0v) is 20.4. The molecule has 2 aliphatic heterocycles. The van der Waals surface area contributed by atoms with E-state index in [0.717, 1.165) is 29.3 Å². The molecule has 8 nitrogen and oxygen atoms in total. The number of aliphatic hydroxyl groups is 1. The number of nitrogens with one attached hydrogen (secondary N) is 2. The molecule has 1 fully saturated rings. The van der Waals surface area contributed by atoms with Crippen LogP contribution in [0.5, 0.6) is 5.75 Å². The van der Waals surface area contributed by atoms with E-state index in [2.05, 4.69) is 15.6 Å². The van der Waals surface area contributed by atoms with Crippen molar-refractivity contribution in [2.75, 3.05) is 11.9 Å². The molecule has 2 aliphatic rings. The van der Waals surface area contributed by atoms with Gasteiger partial charge in [-0.15, -0.1) is 0 Å². The van der Waals surface area contributed by atoms with Gasteiger partial charge in [0.05, 0.1) is 25.6 Å². The third-order valence-electron chi connectivity index (χ3n) is 6.79. The second-order valence-corrected chi connectivity index (χ2v) is 9.45. The van der Waals surface area contributed by atoms with Crippen LogP contribution in [0.3, 0.4) is 0 Å². The minimum absolute atomic E-state index is 0.0195. The van der Waals surface area contributed by atoms with E-state index in [1.807, 2.05) is 6.07 Å². The van der Waals surface area contributed by atoms with Gasteiger partial charge in [-0.25, -0.2) is 8.78 Å². The largest absolute Gasteiger partial charge is 0.487 e. The minimum atomic E-state index is -0.649. The third kappa shape index (κ3) is 5.81. The van der Waals surface area contributed by atoms with Crippen molar-refractivity contribution in [1.82, 2.24) is 10.3 Å². The van der Waals surface area contributed by atoms with Crippen LogP contribution < -0.4 is 15.4 Å². The second-order valence-electron chi connectivity index (χ2n) is 9.45. The van der Waals surface area contributed by atoms with Gasteiger partial charge in [-0.2, -0.15) is 0 Å². The number of pyridine rings is 1. The molecule has 3 N–H and O–H groups in total. The van der Waals surface area contributed by atoms with Crippen molar-refractivity contribution in [1.29, 1.82) is 0 Å². The Morgan fingerprint density at radius 2 is 1.87 bits per heavy atom. The lowest BCUT2D eigenvalue weighted by Gasteiger charge is -2.37. The average Bonchev–Trinajstić information content (AvgIpc) is 3.27. The molecule has 2 aromatic carbocycles. The quantitative estimate of drug-likeness (QED) is 0.418. The molecule has 198 valence electrons. The molecular formula is C28H27F2N3O5. The van der Waals surface area contributed by atoms with Gasteiger partial charge in [0.25, 0.3) is 0 Å². The number of carbonyl (C=O) groups excluding carboxylic acids is 2. The monoisotopic (exact) mass is 523 g/mol. The maximum atomic E-state index is 13.9. The summed E-state index contributed by atoms with van der Waals surface area (Å²) in [6, 6.07) is 12.0.